The van der Waals surface area contributed by atoms with Gasteiger partial charge in [0.15, 0.2) is 0 Å². The number of para-hydroxylation sites is 1. The Bertz CT molecular complexity index is 346. The standard InChI is InChI=1S/C14H21NO/c1-4-7-13(16)10-11-15(3)14-9-6-5-8-12(14)2/h5-6,8-9H,4,7,10-11H2,1-3H3. The van der Waals surface area contributed by atoms with E-state index in [2.05, 4.69) is 24.0 Å². The van der Waals surface area contributed by atoms with Gasteiger partial charge in [0, 0.05) is 32.1 Å². The van der Waals surface area contributed by atoms with Crippen LogP contribution in [0.25, 0.3) is 0 Å². The molecule has 2 nitrogen and oxygen atoms in total. The first-order chi connectivity index (χ1) is 7.65. The van der Waals surface area contributed by atoms with E-state index in [1.54, 1.807) is 0 Å². The number of hydrogen-bond donors (Lipinski definition) is 0. The molecule has 0 saturated carbocycles. The molecule has 1 rings (SSSR count). The second-order valence-electron chi connectivity index (χ2n) is 4.25. The summed E-state index contributed by atoms with van der Waals surface area (Å²) in [6.07, 6.45) is 2.31. The van der Waals surface area contributed by atoms with Crippen LogP contribution >= 0.6 is 0 Å². The van der Waals surface area contributed by atoms with Gasteiger partial charge in [0.1, 0.15) is 5.78 Å². The highest BCUT2D eigenvalue weighted by Gasteiger charge is 2.06. The zero-order valence-electron chi connectivity index (χ0n) is 10.5. The van der Waals surface area contributed by atoms with E-state index in [0.29, 0.717) is 18.6 Å². The highest BCUT2D eigenvalue weighted by atomic mass is 16.1. The van der Waals surface area contributed by atoms with Gasteiger partial charge in [0.25, 0.3) is 0 Å². The highest BCUT2D eigenvalue weighted by molar-refractivity contribution is 5.78. The average Bonchev–Trinajstić information content (AvgIpc) is 2.27. The Morgan fingerprint density at radius 1 is 1.25 bits per heavy atom. The number of rotatable bonds is 6. The van der Waals surface area contributed by atoms with Crippen LogP contribution in [0.15, 0.2) is 24.3 Å². The molecule has 0 bridgehead atoms. The molecule has 1 aromatic rings. The van der Waals surface area contributed by atoms with E-state index < -0.39 is 0 Å². The summed E-state index contributed by atoms with van der Waals surface area (Å²) < 4.78 is 0. The second-order valence-corrected chi connectivity index (χ2v) is 4.25. The maximum absolute atomic E-state index is 11.4. The van der Waals surface area contributed by atoms with Crippen LogP contribution in [0.1, 0.15) is 31.7 Å². The molecule has 1 aromatic carbocycles. The Balaban J connectivity index is 2.50. The number of ketones is 1. The van der Waals surface area contributed by atoms with Crippen molar-refractivity contribution in [3.8, 4) is 0 Å². The molecule has 0 unspecified atom stereocenters. The quantitative estimate of drug-likeness (QED) is 0.732. The molecule has 0 heterocycles. The lowest BCUT2D eigenvalue weighted by atomic mass is 10.1. The highest BCUT2D eigenvalue weighted by Crippen LogP contribution is 2.17. The minimum atomic E-state index is 0.364. The first-order valence-corrected chi connectivity index (χ1v) is 5.93. The number of nitrogens with zero attached hydrogens (tertiary/aromatic N) is 1. The Hall–Kier alpha value is -1.31. The van der Waals surface area contributed by atoms with Crippen molar-refractivity contribution in [2.45, 2.75) is 33.1 Å². The fourth-order valence-corrected chi connectivity index (χ4v) is 1.81. The minimum Gasteiger partial charge on any atom is -0.374 e. The van der Waals surface area contributed by atoms with E-state index >= 15 is 0 Å². The van der Waals surface area contributed by atoms with E-state index in [9.17, 15) is 4.79 Å². The molecular weight excluding hydrogens is 198 g/mol. The van der Waals surface area contributed by atoms with Gasteiger partial charge >= 0.3 is 0 Å². The fourth-order valence-electron chi connectivity index (χ4n) is 1.81. The van der Waals surface area contributed by atoms with Crippen LogP contribution in [0.5, 0.6) is 0 Å². The molecule has 0 amide bonds. The van der Waals surface area contributed by atoms with Crippen LogP contribution in [0.2, 0.25) is 0 Å². The third-order valence-corrected chi connectivity index (χ3v) is 2.78. The molecule has 0 aliphatic rings. The van der Waals surface area contributed by atoms with Crippen molar-refractivity contribution >= 4 is 11.5 Å². The van der Waals surface area contributed by atoms with Gasteiger partial charge in [-0.2, -0.15) is 0 Å². The zero-order valence-corrected chi connectivity index (χ0v) is 10.5. The average molecular weight is 219 g/mol. The predicted octanol–water partition coefficient (Wildman–Crippen LogP) is 3.19. The van der Waals surface area contributed by atoms with E-state index in [1.165, 1.54) is 11.3 Å². The zero-order chi connectivity index (χ0) is 12.0. The molecule has 0 fully saturated rings. The van der Waals surface area contributed by atoms with Crippen molar-refractivity contribution in [1.82, 2.24) is 0 Å². The lowest BCUT2D eigenvalue weighted by Crippen LogP contribution is -2.21. The van der Waals surface area contributed by atoms with E-state index in [-0.39, 0.29) is 0 Å². The van der Waals surface area contributed by atoms with Gasteiger partial charge in [-0.25, -0.2) is 0 Å². The lowest BCUT2D eigenvalue weighted by molar-refractivity contribution is -0.118. The first kappa shape index (κ1) is 12.8. The summed E-state index contributed by atoms with van der Waals surface area (Å²) in [5.41, 5.74) is 2.47. The van der Waals surface area contributed by atoms with Gasteiger partial charge in [-0.15, -0.1) is 0 Å². The minimum absolute atomic E-state index is 0.364. The molecule has 0 atom stereocenters. The van der Waals surface area contributed by atoms with Gasteiger partial charge in [-0.05, 0) is 25.0 Å². The number of hydrogen-bond acceptors (Lipinski definition) is 2. The van der Waals surface area contributed by atoms with Crippen LogP contribution in [0.3, 0.4) is 0 Å². The summed E-state index contributed by atoms with van der Waals surface area (Å²) >= 11 is 0. The topological polar surface area (TPSA) is 20.3 Å². The molecule has 16 heavy (non-hydrogen) atoms. The van der Waals surface area contributed by atoms with Crippen molar-refractivity contribution in [3.63, 3.8) is 0 Å². The van der Waals surface area contributed by atoms with Crippen molar-refractivity contribution in [3.05, 3.63) is 29.8 Å². The Labute approximate surface area is 98.3 Å². The molecule has 0 aliphatic carbocycles. The molecule has 88 valence electrons. The summed E-state index contributed by atoms with van der Waals surface area (Å²) in [4.78, 5) is 13.6. The largest absolute Gasteiger partial charge is 0.374 e. The maximum Gasteiger partial charge on any atom is 0.134 e. The Morgan fingerprint density at radius 2 is 1.94 bits per heavy atom. The fraction of sp³-hybridized carbons (Fsp3) is 0.500. The molecule has 0 N–H and O–H groups in total. The van der Waals surface area contributed by atoms with Crippen LogP contribution < -0.4 is 4.90 Å². The summed E-state index contributed by atoms with van der Waals surface area (Å²) in [6, 6.07) is 8.26. The van der Waals surface area contributed by atoms with Crippen molar-refractivity contribution < 1.29 is 4.79 Å². The first-order valence-electron chi connectivity index (χ1n) is 5.93. The number of carbonyl (C=O) groups is 1. The summed E-state index contributed by atoms with van der Waals surface area (Å²) in [7, 11) is 2.04. The number of aryl methyl sites for hydroxylation is 1. The van der Waals surface area contributed by atoms with Crippen LogP contribution in [0.4, 0.5) is 5.69 Å². The Morgan fingerprint density at radius 3 is 2.56 bits per heavy atom. The molecule has 0 radical (unpaired) electrons. The molecule has 0 aliphatic heterocycles. The van der Waals surface area contributed by atoms with Crippen LogP contribution in [0, 0.1) is 6.92 Å². The van der Waals surface area contributed by atoms with E-state index in [1.807, 2.05) is 26.1 Å². The van der Waals surface area contributed by atoms with Gasteiger partial charge in [-0.1, -0.05) is 25.1 Å². The summed E-state index contributed by atoms with van der Waals surface area (Å²) in [5, 5.41) is 0. The number of Topliss-reactive ketones (excluding diaryl/α,β-unsaturated/α-hetero) is 1. The molecule has 0 spiro atoms. The second kappa shape index (κ2) is 6.31. The number of carbonyl (C=O) groups excluding carboxylic acids is 1. The Kier molecular flexibility index (Phi) is 5.03. The number of anilines is 1. The molecule has 0 saturated heterocycles. The van der Waals surface area contributed by atoms with Gasteiger partial charge in [-0.3, -0.25) is 4.79 Å². The summed E-state index contributed by atoms with van der Waals surface area (Å²) in [6.45, 7) is 4.95. The number of benzene rings is 1. The molecule has 2 heteroatoms. The van der Waals surface area contributed by atoms with E-state index in [0.717, 1.165) is 13.0 Å². The summed E-state index contributed by atoms with van der Waals surface area (Å²) in [5.74, 6) is 0.364. The third-order valence-electron chi connectivity index (χ3n) is 2.78. The predicted molar refractivity (Wildman–Crippen MR) is 69.0 cm³/mol. The van der Waals surface area contributed by atoms with Gasteiger partial charge < -0.3 is 4.90 Å². The van der Waals surface area contributed by atoms with Gasteiger partial charge in [0.05, 0.1) is 0 Å². The monoisotopic (exact) mass is 219 g/mol. The van der Waals surface area contributed by atoms with Crippen LogP contribution in [-0.2, 0) is 4.79 Å². The van der Waals surface area contributed by atoms with Crippen molar-refractivity contribution in [2.24, 2.45) is 0 Å². The SMILES string of the molecule is CCCC(=O)CCN(C)c1ccccc1C. The smallest absolute Gasteiger partial charge is 0.134 e. The van der Waals surface area contributed by atoms with E-state index in [4.69, 9.17) is 0 Å². The van der Waals surface area contributed by atoms with Crippen molar-refractivity contribution in [1.29, 1.82) is 0 Å². The third kappa shape index (κ3) is 3.69. The normalized spacial score (nSPS) is 10.2. The lowest BCUT2D eigenvalue weighted by Gasteiger charge is -2.20. The maximum atomic E-state index is 11.4. The van der Waals surface area contributed by atoms with Crippen molar-refractivity contribution in [2.75, 3.05) is 18.5 Å². The molecular formula is C14H21NO. The van der Waals surface area contributed by atoms with Gasteiger partial charge in [0.2, 0.25) is 0 Å². The molecule has 0 aromatic heterocycles. The van der Waals surface area contributed by atoms with Crippen LogP contribution in [-0.4, -0.2) is 19.4 Å².